The molecule has 1 aromatic rings. The van der Waals surface area contributed by atoms with Gasteiger partial charge in [-0.15, -0.1) is 5.10 Å². The number of nitrogens with two attached hydrogens (primary N) is 1. The van der Waals surface area contributed by atoms with E-state index >= 15 is 0 Å². The van der Waals surface area contributed by atoms with Crippen LogP contribution in [0, 0.1) is 0 Å². The van der Waals surface area contributed by atoms with E-state index in [4.69, 9.17) is 18.0 Å². The number of rotatable bonds is 1. The van der Waals surface area contributed by atoms with Crippen LogP contribution < -0.4 is 5.73 Å². The second kappa shape index (κ2) is 2.36. The Morgan fingerprint density at radius 2 is 2.44 bits per heavy atom. The minimum atomic E-state index is 0.600. The van der Waals surface area contributed by atoms with Gasteiger partial charge in [0, 0.05) is 16.4 Å². The van der Waals surface area contributed by atoms with Crippen molar-refractivity contribution < 1.29 is 0 Å². The molecule has 0 bridgehead atoms. The van der Waals surface area contributed by atoms with E-state index in [0.29, 0.717) is 15.6 Å². The van der Waals surface area contributed by atoms with Crippen LogP contribution in [0.5, 0.6) is 0 Å². The second-order valence-electron chi connectivity index (χ2n) is 1.54. The molecule has 2 N–H and O–H groups in total. The average molecular weight is 159 g/mol. The Labute approximate surface area is 62.0 Å². The van der Waals surface area contributed by atoms with E-state index in [-0.39, 0.29) is 0 Å². The molecule has 1 aromatic heterocycles. The molecule has 0 fully saturated rings. The first kappa shape index (κ1) is 6.57. The Kier molecular flexibility index (Phi) is 1.73. The molecule has 5 heteroatoms. The second-order valence-corrected chi connectivity index (χ2v) is 2.94. The van der Waals surface area contributed by atoms with Crippen molar-refractivity contribution in [2.24, 2.45) is 0 Å². The molecule has 0 aliphatic heterocycles. The largest absolute Gasteiger partial charge is 0.387 e. The van der Waals surface area contributed by atoms with Crippen LogP contribution in [0.25, 0.3) is 0 Å². The summed E-state index contributed by atoms with van der Waals surface area (Å²) in [6.07, 6.45) is 0. The Morgan fingerprint density at radius 3 is 2.67 bits per heavy atom. The molecule has 0 aliphatic carbocycles. The van der Waals surface area contributed by atoms with Gasteiger partial charge >= 0.3 is 0 Å². The lowest BCUT2D eigenvalue weighted by Gasteiger charge is -1.87. The molecule has 0 amide bonds. The van der Waals surface area contributed by atoms with Gasteiger partial charge in [0.1, 0.15) is 10.7 Å². The van der Waals surface area contributed by atoms with Crippen LogP contribution in [0.15, 0.2) is 0 Å². The van der Waals surface area contributed by atoms with E-state index in [0.717, 1.165) is 11.5 Å². The van der Waals surface area contributed by atoms with Gasteiger partial charge in [-0.2, -0.15) is 0 Å². The molecular weight excluding hydrogens is 154 g/mol. The standard InChI is InChI=1S/C4H5N3S2/c1-2(8)3-4(5)9-7-6-3/h5H2,1H3. The van der Waals surface area contributed by atoms with Crippen LogP contribution in [0.4, 0.5) is 5.00 Å². The highest BCUT2D eigenvalue weighted by Gasteiger charge is 2.03. The quantitative estimate of drug-likeness (QED) is 0.487. The highest BCUT2D eigenvalue weighted by atomic mass is 32.1. The lowest BCUT2D eigenvalue weighted by molar-refractivity contribution is 1.14. The van der Waals surface area contributed by atoms with Gasteiger partial charge in [0.25, 0.3) is 0 Å². The number of nitrogens with zero attached hydrogens (tertiary/aromatic N) is 2. The van der Waals surface area contributed by atoms with Crippen molar-refractivity contribution >= 4 is 33.6 Å². The molecule has 0 spiro atoms. The third kappa shape index (κ3) is 1.22. The number of hydrogen-bond donors (Lipinski definition) is 1. The number of thiocarbonyl (C=S) groups is 1. The van der Waals surface area contributed by atoms with Crippen molar-refractivity contribution in [1.29, 1.82) is 0 Å². The van der Waals surface area contributed by atoms with E-state index in [9.17, 15) is 0 Å². The first-order valence-corrected chi connectivity index (χ1v) is 3.48. The fourth-order valence-electron chi connectivity index (χ4n) is 0.442. The number of nitrogen functional groups attached to an aromatic ring is 1. The van der Waals surface area contributed by atoms with Crippen LogP contribution in [-0.4, -0.2) is 14.5 Å². The van der Waals surface area contributed by atoms with E-state index in [1.54, 1.807) is 6.92 Å². The van der Waals surface area contributed by atoms with Gasteiger partial charge in [-0.1, -0.05) is 16.7 Å². The summed E-state index contributed by atoms with van der Waals surface area (Å²) in [7, 11) is 0. The van der Waals surface area contributed by atoms with Crippen LogP contribution in [-0.2, 0) is 0 Å². The van der Waals surface area contributed by atoms with Gasteiger partial charge in [0.15, 0.2) is 0 Å². The molecule has 0 aliphatic rings. The predicted octanol–water partition coefficient (Wildman–Crippen LogP) is 0.858. The molecule has 0 radical (unpaired) electrons. The number of hydrogen-bond acceptors (Lipinski definition) is 5. The van der Waals surface area contributed by atoms with Crippen LogP contribution in [0.1, 0.15) is 12.6 Å². The third-order valence-corrected chi connectivity index (χ3v) is 1.59. The molecule has 0 saturated heterocycles. The smallest absolute Gasteiger partial charge is 0.136 e. The summed E-state index contributed by atoms with van der Waals surface area (Å²) in [6.45, 7) is 1.78. The highest BCUT2D eigenvalue weighted by molar-refractivity contribution is 7.80. The van der Waals surface area contributed by atoms with E-state index in [1.165, 1.54) is 0 Å². The van der Waals surface area contributed by atoms with Crippen molar-refractivity contribution in [3.63, 3.8) is 0 Å². The molecule has 9 heavy (non-hydrogen) atoms. The molecule has 0 atom stereocenters. The zero-order valence-electron chi connectivity index (χ0n) is 4.79. The van der Waals surface area contributed by atoms with Crippen LogP contribution >= 0.6 is 23.8 Å². The van der Waals surface area contributed by atoms with Crippen LogP contribution in [0.2, 0.25) is 0 Å². The molecule has 48 valence electrons. The summed E-state index contributed by atoms with van der Waals surface area (Å²) in [6, 6.07) is 0. The number of anilines is 1. The summed E-state index contributed by atoms with van der Waals surface area (Å²) in [5.74, 6) is 0. The molecule has 0 aromatic carbocycles. The van der Waals surface area contributed by atoms with Crippen molar-refractivity contribution in [3.05, 3.63) is 5.69 Å². The zero-order valence-corrected chi connectivity index (χ0v) is 6.42. The number of aromatic nitrogens is 2. The van der Waals surface area contributed by atoms with E-state index < -0.39 is 0 Å². The summed E-state index contributed by atoms with van der Waals surface area (Å²) >= 11 is 5.99. The first-order valence-electron chi connectivity index (χ1n) is 2.30. The molecule has 1 heterocycles. The fourth-order valence-corrected chi connectivity index (χ4v) is 1.15. The van der Waals surface area contributed by atoms with Gasteiger partial charge in [0.2, 0.25) is 0 Å². The highest BCUT2D eigenvalue weighted by Crippen LogP contribution is 2.12. The van der Waals surface area contributed by atoms with Gasteiger partial charge in [-0.3, -0.25) is 0 Å². The van der Waals surface area contributed by atoms with Gasteiger partial charge in [-0.05, 0) is 6.92 Å². The van der Waals surface area contributed by atoms with Gasteiger partial charge < -0.3 is 5.73 Å². The average Bonchev–Trinajstić information content (AvgIpc) is 2.13. The first-order chi connectivity index (χ1) is 4.22. The van der Waals surface area contributed by atoms with Crippen molar-refractivity contribution in [3.8, 4) is 0 Å². The molecule has 3 nitrogen and oxygen atoms in total. The normalized spacial score (nSPS) is 9.44. The lowest BCUT2D eigenvalue weighted by atomic mass is 10.4. The minimum Gasteiger partial charge on any atom is -0.387 e. The van der Waals surface area contributed by atoms with Crippen LogP contribution in [0.3, 0.4) is 0 Å². The Balaban J connectivity index is 3.08. The van der Waals surface area contributed by atoms with Crippen molar-refractivity contribution in [2.75, 3.05) is 5.73 Å². The summed E-state index contributed by atoms with van der Waals surface area (Å²) < 4.78 is 3.62. The topological polar surface area (TPSA) is 51.8 Å². The van der Waals surface area contributed by atoms with E-state index in [2.05, 4.69) is 9.59 Å². The summed E-state index contributed by atoms with van der Waals surface area (Å²) in [4.78, 5) is 0.696. The molecule has 0 saturated carbocycles. The summed E-state index contributed by atoms with van der Waals surface area (Å²) in [5, 5.41) is 4.32. The monoisotopic (exact) mass is 159 g/mol. The third-order valence-electron chi connectivity index (χ3n) is 0.847. The molecule has 0 unspecified atom stereocenters. The summed E-state index contributed by atoms with van der Waals surface area (Å²) in [5.41, 5.74) is 6.10. The maximum atomic E-state index is 5.45. The van der Waals surface area contributed by atoms with Gasteiger partial charge in [0.05, 0.1) is 0 Å². The maximum Gasteiger partial charge on any atom is 0.136 e. The van der Waals surface area contributed by atoms with Crippen molar-refractivity contribution in [2.45, 2.75) is 6.92 Å². The van der Waals surface area contributed by atoms with Crippen molar-refractivity contribution in [1.82, 2.24) is 9.59 Å². The van der Waals surface area contributed by atoms with Gasteiger partial charge in [-0.25, -0.2) is 0 Å². The Bertz CT molecular complexity index is 229. The Hall–Kier alpha value is -0.550. The van der Waals surface area contributed by atoms with E-state index in [1.807, 2.05) is 0 Å². The Morgan fingerprint density at radius 1 is 1.78 bits per heavy atom. The lowest BCUT2D eigenvalue weighted by Crippen LogP contribution is -1.95. The zero-order chi connectivity index (χ0) is 6.85. The molecular formula is C4H5N3S2. The minimum absolute atomic E-state index is 0.600. The molecule has 1 rings (SSSR count). The SMILES string of the molecule is CC(=S)c1nnsc1N. The fraction of sp³-hybridized carbons (Fsp3) is 0.250. The maximum absolute atomic E-state index is 5.45. The predicted molar refractivity (Wildman–Crippen MR) is 41.7 cm³/mol.